The molecular weight excluding hydrogens is 471 g/mol. The van der Waals surface area contributed by atoms with Crippen LogP contribution >= 0.6 is 24.0 Å². The summed E-state index contributed by atoms with van der Waals surface area (Å²) in [7, 11) is 1.37. The van der Waals surface area contributed by atoms with Gasteiger partial charge in [0, 0.05) is 32.6 Å². The van der Waals surface area contributed by atoms with Crippen molar-refractivity contribution in [3.05, 3.63) is 35.4 Å². The fourth-order valence-electron chi connectivity index (χ4n) is 2.59. The first-order chi connectivity index (χ1) is 13.0. The number of rotatable bonds is 10. The lowest BCUT2D eigenvalue weighted by Gasteiger charge is -2.18. The molecule has 7 nitrogen and oxygen atoms in total. The zero-order valence-corrected chi connectivity index (χ0v) is 19.6. The van der Waals surface area contributed by atoms with Gasteiger partial charge in [-0.2, -0.15) is 0 Å². The van der Waals surface area contributed by atoms with Gasteiger partial charge in [0.15, 0.2) is 5.96 Å². The average molecular weight is 504 g/mol. The van der Waals surface area contributed by atoms with E-state index in [2.05, 4.69) is 15.6 Å². The van der Waals surface area contributed by atoms with Crippen LogP contribution in [0.15, 0.2) is 29.3 Å². The van der Waals surface area contributed by atoms with E-state index < -0.39 is 0 Å². The Bertz CT molecular complexity index is 616. The maximum Gasteiger partial charge on any atom is 0.337 e. The SMILES string of the molecule is CCNC(=NCCC(=O)N(CC)CC)NCCc1ccc(C(=O)OC)cc1.I. The second kappa shape index (κ2) is 15.1. The predicted molar refractivity (Wildman–Crippen MR) is 123 cm³/mol. The van der Waals surface area contributed by atoms with Crippen molar-refractivity contribution in [2.24, 2.45) is 4.99 Å². The number of nitrogens with one attached hydrogen (secondary N) is 2. The second-order valence-electron chi connectivity index (χ2n) is 5.94. The van der Waals surface area contributed by atoms with Crippen LogP contribution in [-0.2, 0) is 16.0 Å². The van der Waals surface area contributed by atoms with Gasteiger partial charge in [-0.15, -0.1) is 24.0 Å². The zero-order valence-electron chi connectivity index (χ0n) is 17.3. The number of carbonyl (C=O) groups excluding carboxylic acids is 2. The first kappa shape index (κ1) is 26.2. The number of carbonyl (C=O) groups is 2. The van der Waals surface area contributed by atoms with E-state index in [1.54, 1.807) is 12.1 Å². The zero-order chi connectivity index (χ0) is 20.1. The summed E-state index contributed by atoms with van der Waals surface area (Å²) in [6.07, 6.45) is 1.21. The minimum absolute atomic E-state index is 0. The molecule has 2 N–H and O–H groups in total. The maximum atomic E-state index is 12.0. The van der Waals surface area contributed by atoms with Gasteiger partial charge < -0.3 is 20.3 Å². The van der Waals surface area contributed by atoms with Crippen molar-refractivity contribution in [3.63, 3.8) is 0 Å². The topological polar surface area (TPSA) is 83.0 Å². The molecule has 0 heterocycles. The Labute approximate surface area is 185 Å². The van der Waals surface area contributed by atoms with Crippen molar-refractivity contribution in [3.8, 4) is 0 Å². The number of ether oxygens (including phenoxy) is 1. The molecule has 0 aliphatic heterocycles. The molecule has 1 rings (SSSR count). The first-order valence-electron chi connectivity index (χ1n) is 9.52. The van der Waals surface area contributed by atoms with Crippen LogP contribution in [-0.4, -0.2) is 62.6 Å². The lowest BCUT2D eigenvalue weighted by molar-refractivity contribution is -0.130. The molecule has 8 heteroatoms. The highest BCUT2D eigenvalue weighted by Gasteiger charge is 2.08. The maximum absolute atomic E-state index is 12.0. The summed E-state index contributed by atoms with van der Waals surface area (Å²) >= 11 is 0. The first-order valence-corrected chi connectivity index (χ1v) is 9.52. The van der Waals surface area contributed by atoms with Gasteiger partial charge in [0.2, 0.25) is 5.91 Å². The van der Waals surface area contributed by atoms with Crippen molar-refractivity contribution in [1.82, 2.24) is 15.5 Å². The number of esters is 1. The van der Waals surface area contributed by atoms with E-state index in [0.29, 0.717) is 31.0 Å². The Morgan fingerprint density at radius 1 is 1.07 bits per heavy atom. The number of methoxy groups -OCH3 is 1. The average Bonchev–Trinajstić information content (AvgIpc) is 2.69. The fraction of sp³-hybridized carbons (Fsp3) is 0.550. The van der Waals surface area contributed by atoms with Crippen LogP contribution in [0.5, 0.6) is 0 Å². The Kier molecular flexibility index (Phi) is 14.1. The van der Waals surface area contributed by atoms with Crippen molar-refractivity contribution < 1.29 is 14.3 Å². The largest absolute Gasteiger partial charge is 0.465 e. The lowest BCUT2D eigenvalue weighted by atomic mass is 10.1. The van der Waals surface area contributed by atoms with Gasteiger partial charge >= 0.3 is 5.97 Å². The second-order valence-corrected chi connectivity index (χ2v) is 5.94. The third-order valence-electron chi connectivity index (χ3n) is 4.14. The summed E-state index contributed by atoms with van der Waals surface area (Å²) in [6, 6.07) is 7.36. The number of hydrogen-bond acceptors (Lipinski definition) is 4. The molecule has 0 spiro atoms. The number of benzene rings is 1. The normalized spacial score (nSPS) is 10.6. The number of nitrogens with zero attached hydrogens (tertiary/aromatic N) is 2. The van der Waals surface area contributed by atoms with Crippen LogP contribution < -0.4 is 10.6 Å². The van der Waals surface area contributed by atoms with Crippen LogP contribution in [0.1, 0.15) is 43.1 Å². The predicted octanol–water partition coefficient (Wildman–Crippen LogP) is 2.45. The Hall–Kier alpha value is -1.84. The number of guanidine groups is 1. The summed E-state index contributed by atoms with van der Waals surface area (Å²) in [5.41, 5.74) is 1.66. The van der Waals surface area contributed by atoms with Crippen LogP contribution in [0, 0.1) is 0 Å². The van der Waals surface area contributed by atoms with E-state index in [9.17, 15) is 9.59 Å². The monoisotopic (exact) mass is 504 g/mol. The van der Waals surface area contributed by atoms with Crippen molar-refractivity contribution in [1.29, 1.82) is 0 Å². The molecule has 1 aromatic carbocycles. The third kappa shape index (κ3) is 9.38. The van der Waals surface area contributed by atoms with E-state index in [-0.39, 0.29) is 35.9 Å². The summed E-state index contributed by atoms with van der Waals surface area (Å²) < 4.78 is 4.70. The molecule has 0 unspecified atom stereocenters. The Balaban J connectivity index is 0.00000729. The summed E-state index contributed by atoms with van der Waals surface area (Å²) in [4.78, 5) is 29.8. The van der Waals surface area contributed by atoms with Crippen molar-refractivity contribution >= 4 is 41.8 Å². The number of amides is 1. The highest BCUT2D eigenvalue weighted by molar-refractivity contribution is 14.0. The third-order valence-corrected chi connectivity index (χ3v) is 4.14. The molecule has 1 amide bonds. The molecule has 0 atom stereocenters. The molecule has 0 radical (unpaired) electrons. The minimum Gasteiger partial charge on any atom is -0.465 e. The number of aliphatic imine (C=N–C) groups is 1. The lowest BCUT2D eigenvalue weighted by Crippen LogP contribution is -2.38. The molecule has 0 aliphatic rings. The summed E-state index contributed by atoms with van der Waals surface area (Å²) in [5.74, 6) is 0.502. The fourth-order valence-corrected chi connectivity index (χ4v) is 2.59. The van der Waals surface area contributed by atoms with Gasteiger partial charge in [-0.25, -0.2) is 4.79 Å². The van der Waals surface area contributed by atoms with Crippen LogP contribution in [0.2, 0.25) is 0 Å². The highest BCUT2D eigenvalue weighted by Crippen LogP contribution is 2.06. The molecule has 0 bridgehead atoms. The van der Waals surface area contributed by atoms with Crippen LogP contribution in [0.25, 0.3) is 0 Å². The number of hydrogen-bond donors (Lipinski definition) is 2. The molecule has 0 aromatic heterocycles. The van der Waals surface area contributed by atoms with Crippen LogP contribution in [0.3, 0.4) is 0 Å². The van der Waals surface area contributed by atoms with Crippen LogP contribution in [0.4, 0.5) is 0 Å². The summed E-state index contributed by atoms with van der Waals surface area (Å²) in [6.45, 7) is 9.33. The highest BCUT2D eigenvalue weighted by atomic mass is 127. The summed E-state index contributed by atoms with van der Waals surface area (Å²) in [5, 5.41) is 6.46. The minimum atomic E-state index is -0.333. The van der Waals surface area contributed by atoms with E-state index in [0.717, 1.165) is 31.6 Å². The Morgan fingerprint density at radius 3 is 2.25 bits per heavy atom. The molecule has 158 valence electrons. The molecule has 0 aliphatic carbocycles. The Morgan fingerprint density at radius 2 is 1.71 bits per heavy atom. The molecule has 0 saturated carbocycles. The van der Waals surface area contributed by atoms with E-state index in [1.807, 2.05) is 37.8 Å². The number of halogens is 1. The van der Waals surface area contributed by atoms with Gasteiger partial charge in [-0.1, -0.05) is 12.1 Å². The van der Waals surface area contributed by atoms with Gasteiger partial charge in [0.1, 0.15) is 0 Å². The molecular formula is C20H33IN4O3. The molecule has 28 heavy (non-hydrogen) atoms. The van der Waals surface area contributed by atoms with Gasteiger partial charge in [0.25, 0.3) is 0 Å². The van der Waals surface area contributed by atoms with Gasteiger partial charge in [-0.3, -0.25) is 9.79 Å². The molecule has 0 saturated heterocycles. The van der Waals surface area contributed by atoms with E-state index in [4.69, 9.17) is 4.74 Å². The molecule has 1 aromatic rings. The van der Waals surface area contributed by atoms with Crippen molar-refractivity contribution in [2.75, 3.05) is 39.8 Å². The van der Waals surface area contributed by atoms with Crippen molar-refractivity contribution in [2.45, 2.75) is 33.6 Å². The van der Waals surface area contributed by atoms with E-state index in [1.165, 1.54) is 7.11 Å². The van der Waals surface area contributed by atoms with E-state index >= 15 is 0 Å². The quantitative estimate of drug-likeness (QED) is 0.222. The van der Waals surface area contributed by atoms with Gasteiger partial charge in [0.05, 0.1) is 19.2 Å². The molecule has 0 fully saturated rings. The smallest absolute Gasteiger partial charge is 0.337 e. The standard InChI is InChI=1S/C20H32N4O3.HI/c1-5-21-20(23-15-13-18(25)24(6-2)7-3)22-14-12-16-8-10-17(11-9-16)19(26)27-4;/h8-11H,5-7,12-15H2,1-4H3,(H2,21,22,23);1H. The van der Waals surface area contributed by atoms with Gasteiger partial charge in [-0.05, 0) is 44.9 Å².